The Balaban J connectivity index is 1.80. The first-order valence-electron chi connectivity index (χ1n) is 6.43. The van der Waals surface area contributed by atoms with Crippen LogP contribution in [0.25, 0.3) is 5.65 Å². The van der Waals surface area contributed by atoms with Crippen molar-refractivity contribution in [1.82, 2.24) is 14.6 Å². The van der Waals surface area contributed by atoms with Crippen LogP contribution in [-0.2, 0) is 6.54 Å². The molecule has 3 aromatic rings. The van der Waals surface area contributed by atoms with Crippen LogP contribution in [0.3, 0.4) is 0 Å². The third-order valence-corrected chi connectivity index (χ3v) is 3.09. The van der Waals surface area contributed by atoms with Crippen LogP contribution in [0.1, 0.15) is 16.8 Å². The Morgan fingerprint density at radius 1 is 1.25 bits per heavy atom. The fourth-order valence-corrected chi connectivity index (χ4v) is 2.10. The Kier molecular flexibility index (Phi) is 3.10. The second-order valence-corrected chi connectivity index (χ2v) is 4.89. The zero-order chi connectivity index (χ0) is 14.1. The van der Waals surface area contributed by atoms with Crippen LogP contribution in [0.5, 0.6) is 0 Å². The predicted molar refractivity (Wildman–Crippen MR) is 76.2 cm³/mol. The van der Waals surface area contributed by atoms with Gasteiger partial charge in [0.15, 0.2) is 5.65 Å². The van der Waals surface area contributed by atoms with Gasteiger partial charge in [-0.2, -0.15) is 5.10 Å². The number of rotatable bonds is 3. The van der Waals surface area contributed by atoms with Gasteiger partial charge in [-0.1, -0.05) is 6.07 Å². The van der Waals surface area contributed by atoms with Crippen molar-refractivity contribution in [3.8, 4) is 0 Å². The molecule has 0 aliphatic carbocycles. The molecule has 0 saturated carbocycles. The zero-order valence-electron chi connectivity index (χ0n) is 11.4. The normalized spacial score (nSPS) is 10.9. The lowest BCUT2D eigenvalue weighted by Gasteiger charge is -2.08. The Hall–Kier alpha value is -2.43. The first-order valence-corrected chi connectivity index (χ1v) is 6.43. The van der Waals surface area contributed by atoms with Gasteiger partial charge in [0.2, 0.25) is 0 Å². The van der Waals surface area contributed by atoms with Crippen LogP contribution >= 0.6 is 0 Å². The fraction of sp³-hybridized carbons (Fsp3) is 0.200. The number of nitrogens with zero attached hydrogens (tertiary/aromatic N) is 3. The Morgan fingerprint density at radius 2 is 2.10 bits per heavy atom. The van der Waals surface area contributed by atoms with Crippen molar-refractivity contribution in [2.24, 2.45) is 0 Å². The van der Waals surface area contributed by atoms with Crippen LogP contribution in [-0.4, -0.2) is 14.6 Å². The minimum atomic E-state index is -0.250. The summed E-state index contributed by atoms with van der Waals surface area (Å²) < 4.78 is 15.4. The van der Waals surface area contributed by atoms with Crippen molar-refractivity contribution in [2.45, 2.75) is 20.4 Å². The SMILES string of the molecule is Cc1ccc(F)c(NCc2cnc3cc(C)nn3c2)c1. The van der Waals surface area contributed by atoms with E-state index in [-0.39, 0.29) is 5.82 Å². The standard InChI is InChI=1S/C15H15FN4/c1-10-3-4-13(16)14(5-10)17-7-12-8-18-15-6-11(2)19-20(15)9-12/h3-6,8-9,17H,7H2,1-2H3. The molecule has 2 aromatic heterocycles. The van der Waals surface area contributed by atoms with E-state index >= 15 is 0 Å². The molecule has 0 radical (unpaired) electrons. The molecule has 1 N–H and O–H groups in total. The van der Waals surface area contributed by atoms with Crippen LogP contribution in [0.2, 0.25) is 0 Å². The monoisotopic (exact) mass is 270 g/mol. The maximum absolute atomic E-state index is 13.6. The van der Waals surface area contributed by atoms with Gasteiger partial charge < -0.3 is 5.32 Å². The average Bonchev–Trinajstić information content (AvgIpc) is 2.79. The maximum atomic E-state index is 13.6. The van der Waals surface area contributed by atoms with Crippen molar-refractivity contribution in [2.75, 3.05) is 5.32 Å². The maximum Gasteiger partial charge on any atom is 0.155 e. The molecule has 0 saturated heterocycles. The molecule has 20 heavy (non-hydrogen) atoms. The van der Waals surface area contributed by atoms with Gasteiger partial charge >= 0.3 is 0 Å². The Bertz CT molecular complexity index is 764. The van der Waals surface area contributed by atoms with Crippen LogP contribution < -0.4 is 5.32 Å². The molecule has 1 aromatic carbocycles. The first kappa shape index (κ1) is 12.6. The number of hydrogen-bond donors (Lipinski definition) is 1. The van der Waals surface area contributed by atoms with E-state index in [4.69, 9.17) is 0 Å². The molecule has 0 aliphatic rings. The summed E-state index contributed by atoms with van der Waals surface area (Å²) in [6, 6.07) is 6.92. The number of fused-ring (bicyclic) bond motifs is 1. The first-order chi connectivity index (χ1) is 9.61. The molecule has 0 amide bonds. The summed E-state index contributed by atoms with van der Waals surface area (Å²) in [6.45, 7) is 4.36. The predicted octanol–water partition coefficient (Wildman–Crippen LogP) is 3.10. The van der Waals surface area contributed by atoms with Crippen molar-refractivity contribution >= 4 is 11.3 Å². The molecule has 0 bridgehead atoms. The highest BCUT2D eigenvalue weighted by Crippen LogP contribution is 2.16. The minimum Gasteiger partial charge on any atom is -0.378 e. The highest BCUT2D eigenvalue weighted by Gasteiger charge is 2.04. The fourth-order valence-electron chi connectivity index (χ4n) is 2.10. The average molecular weight is 270 g/mol. The summed E-state index contributed by atoms with van der Waals surface area (Å²) in [7, 11) is 0. The Labute approximate surface area is 116 Å². The van der Waals surface area contributed by atoms with Crippen molar-refractivity contribution in [3.63, 3.8) is 0 Å². The molecular weight excluding hydrogens is 255 g/mol. The van der Waals surface area contributed by atoms with Crippen molar-refractivity contribution in [3.05, 3.63) is 59.3 Å². The van der Waals surface area contributed by atoms with Crippen molar-refractivity contribution < 1.29 is 4.39 Å². The third-order valence-electron chi connectivity index (χ3n) is 3.09. The highest BCUT2D eigenvalue weighted by atomic mass is 19.1. The number of benzene rings is 1. The van der Waals surface area contributed by atoms with Crippen LogP contribution in [0.15, 0.2) is 36.7 Å². The van der Waals surface area contributed by atoms with Gasteiger partial charge in [-0.3, -0.25) is 0 Å². The van der Waals surface area contributed by atoms with E-state index in [1.54, 1.807) is 22.8 Å². The largest absolute Gasteiger partial charge is 0.378 e. The zero-order valence-corrected chi connectivity index (χ0v) is 11.4. The lowest BCUT2D eigenvalue weighted by Crippen LogP contribution is -2.04. The smallest absolute Gasteiger partial charge is 0.155 e. The summed E-state index contributed by atoms with van der Waals surface area (Å²) in [5, 5.41) is 7.40. The number of aryl methyl sites for hydroxylation is 2. The molecule has 0 spiro atoms. The molecule has 3 rings (SSSR count). The van der Waals surface area contributed by atoms with E-state index < -0.39 is 0 Å². The van der Waals surface area contributed by atoms with Gasteiger partial charge in [0, 0.05) is 30.6 Å². The van der Waals surface area contributed by atoms with Gasteiger partial charge in [0.1, 0.15) is 5.82 Å². The molecule has 2 heterocycles. The molecule has 5 heteroatoms. The quantitative estimate of drug-likeness (QED) is 0.795. The van der Waals surface area contributed by atoms with Gasteiger partial charge in [-0.05, 0) is 31.5 Å². The van der Waals surface area contributed by atoms with Crippen LogP contribution in [0, 0.1) is 19.7 Å². The van der Waals surface area contributed by atoms with E-state index in [0.29, 0.717) is 12.2 Å². The van der Waals surface area contributed by atoms with Gasteiger partial charge in [0.25, 0.3) is 0 Å². The van der Waals surface area contributed by atoms with Gasteiger partial charge in [-0.15, -0.1) is 0 Å². The van der Waals surface area contributed by atoms with E-state index in [1.165, 1.54) is 6.07 Å². The summed E-state index contributed by atoms with van der Waals surface area (Å²) in [5.41, 5.74) is 4.20. The Morgan fingerprint density at radius 3 is 2.95 bits per heavy atom. The van der Waals surface area contributed by atoms with Gasteiger partial charge in [0.05, 0.1) is 11.4 Å². The third kappa shape index (κ3) is 2.47. The van der Waals surface area contributed by atoms with E-state index in [0.717, 1.165) is 22.5 Å². The van der Waals surface area contributed by atoms with Gasteiger partial charge in [-0.25, -0.2) is 13.9 Å². The molecule has 4 nitrogen and oxygen atoms in total. The number of anilines is 1. The summed E-state index contributed by atoms with van der Waals surface area (Å²) in [5.74, 6) is -0.250. The second kappa shape index (κ2) is 4.92. The molecule has 0 aliphatic heterocycles. The topological polar surface area (TPSA) is 42.2 Å². The minimum absolute atomic E-state index is 0.250. The number of aromatic nitrogens is 3. The van der Waals surface area contributed by atoms with Crippen LogP contribution in [0.4, 0.5) is 10.1 Å². The summed E-state index contributed by atoms with van der Waals surface area (Å²) >= 11 is 0. The molecule has 0 atom stereocenters. The second-order valence-electron chi connectivity index (χ2n) is 4.89. The van der Waals surface area contributed by atoms with E-state index in [9.17, 15) is 4.39 Å². The number of hydrogen-bond acceptors (Lipinski definition) is 3. The van der Waals surface area contributed by atoms with E-state index in [1.807, 2.05) is 26.1 Å². The summed E-state index contributed by atoms with van der Waals surface area (Å²) in [4.78, 5) is 4.32. The van der Waals surface area contributed by atoms with E-state index in [2.05, 4.69) is 15.4 Å². The number of halogens is 1. The van der Waals surface area contributed by atoms with Crippen molar-refractivity contribution in [1.29, 1.82) is 0 Å². The highest BCUT2D eigenvalue weighted by molar-refractivity contribution is 5.47. The molecular formula is C15H15FN4. The lowest BCUT2D eigenvalue weighted by molar-refractivity contribution is 0.629. The number of nitrogens with one attached hydrogen (secondary N) is 1. The molecule has 0 unspecified atom stereocenters. The molecule has 102 valence electrons. The lowest BCUT2D eigenvalue weighted by atomic mass is 10.2. The summed E-state index contributed by atoms with van der Waals surface area (Å²) in [6.07, 6.45) is 3.67. The molecule has 0 fully saturated rings.